The van der Waals surface area contributed by atoms with Gasteiger partial charge in [-0.3, -0.25) is 4.79 Å². The van der Waals surface area contributed by atoms with Crippen molar-refractivity contribution in [3.05, 3.63) is 23.8 Å². The topological polar surface area (TPSA) is 170 Å². The van der Waals surface area contributed by atoms with Crippen molar-refractivity contribution in [2.75, 3.05) is 19.8 Å². The first-order valence-electron chi connectivity index (χ1n) is 13.9. The van der Waals surface area contributed by atoms with Gasteiger partial charge in [-0.1, -0.05) is 60.5 Å². The SMILES string of the molecule is CCC(C)COC(=O)Oc1ccc(CC(N)(C[C@H](C)OC(=O)OCC(C)C)C(=O)O)cc1OC(=O)OCC(C)CC. The first-order chi connectivity index (χ1) is 19.2. The summed E-state index contributed by atoms with van der Waals surface area (Å²) in [5.74, 6) is -1.35. The number of aliphatic carboxylic acids is 1. The second-order valence-electron chi connectivity index (χ2n) is 10.9. The summed E-state index contributed by atoms with van der Waals surface area (Å²) < 4.78 is 31.0. The first-order valence-corrected chi connectivity index (χ1v) is 13.9. The summed E-state index contributed by atoms with van der Waals surface area (Å²) in [6, 6.07) is 4.14. The molecular weight excluding hydrogens is 538 g/mol. The molecule has 3 N–H and O–H groups in total. The molecule has 0 aromatic heterocycles. The molecule has 0 heterocycles. The minimum atomic E-state index is -1.87. The van der Waals surface area contributed by atoms with E-state index in [0.29, 0.717) is 5.56 Å². The average molecular weight is 584 g/mol. The molecule has 0 saturated carbocycles. The van der Waals surface area contributed by atoms with Crippen LogP contribution in [0.2, 0.25) is 0 Å². The van der Waals surface area contributed by atoms with Gasteiger partial charge in [-0.05, 0) is 42.4 Å². The number of carboxylic acids is 1. The fourth-order valence-corrected chi connectivity index (χ4v) is 3.31. The largest absolute Gasteiger partial charge is 0.513 e. The molecule has 0 amide bonds. The van der Waals surface area contributed by atoms with Gasteiger partial charge in [0.2, 0.25) is 0 Å². The van der Waals surface area contributed by atoms with Gasteiger partial charge < -0.3 is 39.3 Å². The van der Waals surface area contributed by atoms with Gasteiger partial charge in [0.25, 0.3) is 0 Å². The highest BCUT2D eigenvalue weighted by Crippen LogP contribution is 2.31. The Kier molecular flexibility index (Phi) is 15.0. The van der Waals surface area contributed by atoms with Crippen LogP contribution in [-0.4, -0.2) is 61.0 Å². The Morgan fingerprint density at radius 2 is 1.32 bits per heavy atom. The summed E-state index contributed by atoms with van der Waals surface area (Å²) in [6.45, 7) is 13.3. The van der Waals surface area contributed by atoms with Crippen LogP contribution in [0.25, 0.3) is 0 Å². The molecule has 0 fully saturated rings. The summed E-state index contributed by atoms with van der Waals surface area (Å²) >= 11 is 0. The van der Waals surface area contributed by atoms with E-state index in [4.69, 9.17) is 34.2 Å². The second kappa shape index (κ2) is 17.3. The van der Waals surface area contributed by atoms with Crippen molar-refractivity contribution in [3.63, 3.8) is 0 Å². The maximum absolute atomic E-state index is 12.4. The van der Waals surface area contributed by atoms with Crippen LogP contribution in [0, 0.1) is 17.8 Å². The number of hydrogen-bond acceptors (Lipinski definition) is 11. The van der Waals surface area contributed by atoms with Crippen LogP contribution in [-0.2, 0) is 30.2 Å². The van der Waals surface area contributed by atoms with Gasteiger partial charge in [0, 0.05) is 12.8 Å². The molecule has 0 aliphatic heterocycles. The molecule has 4 atom stereocenters. The van der Waals surface area contributed by atoms with Crippen molar-refractivity contribution in [2.45, 2.75) is 85.8 Å². The smallest absolute Gasteiger partial charge is 0.480 e. The van der Waals surface area contributed by atoms with Crippen LogP contribution < -0.4 is 15.2 Å². The zero-order valence-corrected chi connectivity index (χ0v) is 25.1. The fourth-order valence-electron chi connectivity index (χ4n) is 3.31. The normalized spacial score (nSPS) is 14.7. The Morgan fingerprint density at radius 1 is 0.805 bits per heavy atom. The maximum atomic E-state index is 12.4. The number of carboxylic acid groups (broad SMARTS) is 1. The highest BCUT2D eigenvalue weighted by molar-refractivity contribution is 5.79. The van der Waals surface area contributed by atoms with Gasteiger partial charge in [0.1, 0.15) is 11.6 Å². The Hall–Kier alpha value is -3.54. The number of ether oxygens (including phenoxy) is 6. The molecule has 12 nitrogen and oxygen atoms in total. The predicted molar refractivity (Wildman–Crippen MR) is 149 cm³/mol. The third-order valence-electron chi connectivity index (χ3n) is 6.19. The van der Waals surface area contributed by atoms with Crippen molar-refractivity contribution in [1.29, 1.82) is 0 Å². The fraction of sp³-hybridized carbons (Fsp3) is 0.655. The van der Waals surface area contributed by atoms with Gasteiger partial charge in [0.05, 0.1) is 19.8 Å². The first kappa shape index (κ1) is 35.5. The zero-order valence-electron chi connectivity index (χ0n) is 25.1. The van der Waals surface area contributed by atoms with Crippen molar-refractivity contribution in [2.24, 2.45) is 23.5 Å². The standard InChI is InChI=1S/C29H45NO11/c1-8-19(5)16-37-27(34)40-23-11-10-22(12-24(23)41-28(35)38-17-20(6)9-2)14-29(30,25(31)32)13-21(7)39-26(33)36-15-18(3)4/h10-12,18-21H,8-9,13-17,30H2,1-7H3,(H,31,32)/t19?,20?,21-,29?/m0/s1. The third kappa shape index (κ3) is 13.6. The summed E-state index contributed by atoms with van der Waals surface area (Å²) in [4.78, 5) is 48.7. The molecule has 0 aliphatic rings. The summed E-state index contributed by atoms with van der Waals surface area (Å²) in [5.41, 5.74) is 4.72. The molecule has 1 rings (SSSR count). The highest BCUT2D eigenvalue weighted by atomic mass is 16.7. The molecule has 1 aromatic carbocycles. The number of hydrogen-bond donors (Lipinski definition) is 2. The third-order valence-corrected chi connectivity index (χ3v) is 6.19. The molecule has 232 valence electrons. The number of rotatable bonds is 16. The molecule has 0 radical (unpaired) electrons. The van der Waals surface area contributed by atoms with Crippen LogP contribution in [0.1, 0.15) is 73.3 Å². The van der Waals surface area contributed by atoms with E-state index in [1.807, 2.05) is 41.5 Å². The quantitative estimate of drug-likeness (QED) is 0.138. The lowest BCUT2D eigenvalue weighted by atomic mass is 9.86. The molecule has 0 aliphatic carbocycles. The van der Waals surface area contributed by atoms with E-state index in [0.717, 1.165) is 12.8 Å². The van der Waals surface area contributed by atoms with Crippen LogP contribution in [0.5, 0.6) is 11.5 Å². The number of carbonyl (C=O) groups is 4. The lowest BCUT2D eigenvalue weighted by Crippen LogP contribution is -2.52. The lowest BCUT2D eigenvalue weighted by molar-refractivity contribution is -0.144. The van der Waals surface area contributed by atoms with Crippen molar-refractivity contribution in [1.82, 2.24) is 0 Å². The Bertz CT molecular complexity index is 1010. The van der Waals surface area contributed by atoms with E-state index < -0.39 is 36.1 Å². The van der Waals surface area contributed by atoms with Crippen LogP contribution in [0.4, 0.5) is 14.4 Å². The Labute approximate surface area is 241 Å². The van der Waals surface area contributed by atoms with Crippen molar-refractivity contribution < 1.29 is 52.7 Å². The molecule has 41 heavy (non-hydrogen) atoms. The maximum Gasteiger partial charge on any atom is 0.513 e. The number of nitrogens with two attached hydrogens (primary N) is 1. The minimum absolute atomic E-state index is 0.0976. The van der Waals surface area contributed by atoms with Crippen LogP contribution in [0.3, 0.4) is 0 Å². The van der Waals surface area contributed by atoms with E-state index in [-0.39, 0.29) is 61.9 Å². The molecule has 12 heteroatoms. The van der Waals surface area contributed by atoms with Crippen LogP contribution in [0.15, 0.2) is 18.2 Å². The summed E-state index contributed by atoms with van der Waals surface area (Å²) in [7, 11) is 0. The Morgan fingerprint density at radius 3 is 1.80 bits per heavy atom. The minimum Gasteiger partial charge on any atom is -0.480 e. The van der Waals surface area contributed by atoms with E-state index in [9.17, 15) is 24.3 Å². The molecule has 1 aromatic rings. The van der Waals surface area contributed by atoms with E-state index in [1.54, 1.807) is 0 Å². The lowest BCUT2D eigenvalue weighted by Gasteiger charge is -2.28. The van der Waals surface area contributed by atoms with Gasteiger partial charge in [0.15, 0.2) is 11.5 Å². The number of benzene rings is 1. The zero-order chi connectivity index (χ0) is 31.2. The molecule has 0 saturated heterocycles. The summed E-state index contributed by atoms with van der Waals surface area (Å²) in [6.07, 6.45) is -2.74. The van der Waals surface area contributed by atoms with E-state index >= 15 is 0 Å². The number of carbonyl (C=O) groups excluding carboxylic acids is 3. The molecular formula is C29H45NO11. The molecule has 3 unspecified atom stereocenters. The predicted octanol–water partition coefficient (Wildman–Crippen LogP) is 5.72. The highest BCUT2D eigenvalue weighted by Gasteiger charge is 2.37. The van der Waals surface area contributed by atoms with Gasteiger partial charge in [-0.2, -0.15) is 0 Å². The van der Waals surface area contributed by atoms with Crippen molar-refractivity contribution in [3.8, 4) is 11.5 Å². The Balaban J connectivity index is 3.13. The summed E-state index contributed by atoms with van der Waals surface area (Å²) in [5, 5.41) is 9.92. The molecule has 0 spiro atoms. The van der Waals surface area contributed by atoms with Crippen molar-refractivity contribution >= 4 is 24.4 Å². The van der Waals surface area contributed by atoms with Crippen LogP contribution >= 0.6 is 0 Å². The van der Waals surface area contributed by atoms with Gasteiger partial charge >= 0.3 is 24.4 Å². The van der Waals surface area contributed by atoms with E-state index in [1.165, 1.54) is 25.1 Å². The van der Waals surface area contributed by atoms with Gasteiger partial charge in [-0.25, -0.2) is 14.4 Å². The second-order valence-corrected chi connectivity index (χ2v) is 10.9. The monoisotopic (exact) mass is 583 g/mol. The average Bonchev–Trinajstić information content (AvgIpc) is 2.90. The van der Waals surface area contributed by atoms with E-state index in [2.05, 4.69) is 0 Å². The van der Waals surface area contributed by atoms with Gasteiger partial charge in [-0.15, -0.1) is 0 Å². The molecule has 0 bridgehead atoms.